The predicted molar refractivity (Wildman–Crippen MR) is 40.5 cm³/mol. The summed E-state index contributed by atoms with van der Waals surface area (Å²) in [6.45, 7) is 0. The van der Waals surface area contributed by atoms with E-state index in [0.29, 0.717) is 6.00 Å². The molecular formula is C4H11CdCl4N. The van der Waals surface area contributed by atoms with Gasteiger partial charge in [-0.15, -0.1) is 0 Å². The van der Waals surface area contributed by atoms with E-state index in [1.54, 1.807) is 0 Å². The Morgan fingerprint density at radius 3 is 1.30 bits per heavy atom. The van der Waals surface area contributed by atoms with Gasteiger partial charge in [0, 0.05) is 0 Å². The van der Waals surface area contributed by atoms with Crippen LogP contribution in [0, 0.1) is 0 Å². The van der Waals surface area contributed by atoms with Gasteiger partial charge in [-0.1, -0.05) is 11.6 Å². The van der Waals surface area contributed by atoms with Crippen LogP contribution >= 0.6 is 28.2 Å². The molecule has 0 aromatic carbocycles. The Labute approximate surface area is 93.2 Å². The normalized spacial score (nSPS) is 8.20. The summed E-state index contributed by atoms with van der Waals surface area (Å²) in [5.74, 6) is 0. The monoisotopic (exact) mass is 327 g/mol. The summed E-state index contributed by atoms with van der Waals surface area (Å²) in [7, 11) is 16.1. The van der Waals surface area contributed by atoms with Gasteiger partial charge in [0.15, 0.2) is 6.00 Å². The molecule has 0 aliphatic carbocycles. The molecule has 0 amide bonds. The van der Waals surface area contributed by atoms with E-state index in [4.69, 9.17) is 28.2 Å². The van der Waals surface area contributed by atoms with Gasteiger partial charge in [0.25, 0.3) is 0 Å². The molecule has 0 aromatic heterocycles. The van der Waals surface area contributed by atoms with Gasteiger partial charge in [-0.25, -0.2) is 0 Å². The fraction of sp³-hybridized carbons (Fsp3) is 1.00. The molecule has 0 saturated heterocycles. The Balaban J connectivity index is -0.000000107. The van der Waals surface area contributed by atoms with Crippen LogP contribution in [0.1, 0.15) is 0 Å². The van der Waals surface area contributed by atoms with Crippen LogP contribution in [0.3, 0.4) is 0 Å². The number of rotatable bonds is 1. The molecule has 0 saturated carbocycles. The van der Waals surface area contributed by atoms with Crippen molar-refractivity contribution < 1.29 is 38.7 Å². The van der Waals surface area contributed by atoms with E-state index in [0.717, 1.165) is 4.48 Å². The maximum atomic E-state index is 5.45. The van der Waals surface area contributed by atoms with E-state index >= 15 is 0 Å². The van der Waals surface area contributed by atoms with Crippen LogP contribution in [0.4, 0.5) is 0 Å². The molecule has 0 heterocycles. The van der Waals surface area contributed by atoms with E-state index in [9.17, 15) is 0 Å². The molecule has 0 radical (unpaired) electrons. The van der Waals surface area contributed by atoms with Crippen molar-refractivity contribution in [1.82, 2.24) is 0 Å². The quantitative estimate of drug-likeness (QED) is 0.258. The van der Waals surface area contributed by atoms with Crippen molar-refractivity contribution in [1.29, 1.82) is 0 Å². The Kier molecular flexibility index (Phi) is 19.8. The van der Waals surface area contributed by atoms with Gasteiger partial charge in [0.1, 0.15) is 0 Å². The topological polar surface area (TPSA) is 0 Å². The van der Waals surface area contributed by atoms with Crippen molar-refractivity contribution in [3.63, 3.8) is 0 Å². The number of halogens is 4. The molecule has 0 N–H and O–H groups in total. The van der Waals surface area contributed by atoms with Crippen molar-refractivity contribution >= 4 is 28.2 Å². The minimum absolute atomic E-state index is 0. The zero-order valence-corrected chi connectivity index (χ0v) is 13.4. The third-order valence-corrected chi connectivity index (χ3v) is 1.08. The van der Waals surface area contributed by atoms with Gasteiger partial charge in [0.2, 0.25) is 0 Å². The molecule has 0 unspecified atom stereocenters. The number of hydrogen-bond acceptors (Lipinski definition) is 0. The third-order valence-electron chi connectivity index (χ3n) is 0.359. The van der Waals surface area contributed by atoms with Crippen LogP contribution in [0.15, 0.2) is 0 Å². The summed E-state index contributed by atoms with van der Waals surface area (Å²) >= 11 is 4.38. The first-order valence-corrected chi connectivity index (χ1v) is 13.2. The summed E-state index contributed by atoms with van der Waals surface area (Å²) < 4.78 is 0.835. The molecular weight excluding hydrogens is 316 g/mol. The van der Waals surface area contributed by atoms with E-state index in [2.05, 4.69) is 0 Å². The molecule has 10 heavy (non-hydrogen) atoms. The SMILES string of the molecule is C[N+](C)(C)CCl.[Cl-].[Cl][Cd][Cl]. The van der Waals surface area contributed by atoms with Gasteiger partial charge in [-0.2, -0.15) is 0 Å². The van der Waals surface area contributed by atoms with Crippen molar-refractivity contribution in [3.8, 4) is 0 Å². The van der Waals surface area contributed by atoms with Crippen LogP contribution in [0.25, 0.3) is 0 Å². The Hall–Kier alpha value is 2.04. The first kappa shape index (κ1) is 18.0. The molecule has 0 rings (SSSR count). The molecule has 6 heteroatoms. The first-order valence-electron chi connectivity index (χ1n) is 2.46. The van der Waals surface area contributed by atoms with Crippen LogP contribution in [-0.4, -0.2) is 31.6 Å². The minimum atomic E-state index is -1.07. The number of nitrogens with zero attached hydrogens (tertiary/aromatic N) is 1. The Morgan fingerprint density at radius 1 is 1.20 bits per heavy atom. The zero-order valence-electron chi connectivity index (χ0n) is 6.37. The van der Waals surface area contributed by atoms with Crippen LogP contribution in [-0.2, 0) is 21.8 Å². The molecule has 0 atom stereocenters. The number of quaternary nitrogens is 1. The summed E-state index contributed by atoms with van der Waals surface area (Å²) in [5.41, 5.74) is 0. The summed E-state index contributed by atoms with van der Waals surface area (Å²) in [5, 5.41) is 0. The summed E-state index contributed by atoms with van der Waals surface area (Å²) in [6, 6.07) is 0.681. The molecule has 0 aromatic rings. The van der Waals surface area contributed by atoms with Crippen molar-refractivity contribution in [2.45, 2.75) is 0 Å². The van der Waals surface area contributed by atoms with E-state index in [-0.39, 0.29) is 12.4 Å². The van der Waals surface area contributed by atoms with Gasteiger partial charge >= 0.3 is 38.4 Å². The van der Waals surface area contributed by atoms with Gasteiger partial charge in [-0.05, 0) is 0 Å². The predicted octanol–water partition coefficient (Wildman–Crippen LogP) is -0.731. The molecule has 0 bridgehead atoms. The average molecular weight is 327 g/mol. The van der Waals surface area contributed by atoms with E-state index < -0.39 is 21.8 Å². The molecule has 0 aliphatic heterocycles. The number of hydrogen-bond donors (Lipinski definition) is 0. The molecule has 1 nitrogen and oxygen atoms in total. The van der Waals surface area contributed by atoms with Gasteiger partial charge in [0.05, 0.1) is 21.1 Å². The molecule has 0 aliphatic rings. The second-order valence-corrected chi connectivity index (χ2v) is 8.75. The second kappa shape index (κ2) is 11.0. The van der Waals surface area contributed by atoms with E-state index in [1.165, 1.54) is 0 Å². The maximum absolute atomic E-state index is 5.45. The van der Waals surface area contributed by atoms with Gasteiger partial charge < -0.3 is 16.9 Å². The van der Waals surface area contributed by atoms with Crippen LogP contribution in [0.2, 0.25) is 0 Å². The third kappa shape index (κ3) is 32.3. The van der Waals surface area contributed by atoms with Crippen molar-refractivity contribution in [2.75, 3.05) is 27.1 Å². The van der Waals surface area contributed by atoms with E-state index in [1.807, 2.05) is 21.1 Å². The molecule has 0 fully saturated rings. The Morgan fingerprint density at radius 2 is 1.30 bits per heavy atom. The average Bonchev–Trinajstić information content (AvgIpc) is 1.67. The second-order valence-electron chi connectivity index (χ2n) is 2.51. The fourth-order valence-electron chi connectivity index (χ4n) is 0. The Bertz CT molecular complexity index is 55.7. The molecule has 62 valence electrons. The van der Waals surface area contributed by atoms with Crippen LogP contribution < -0.4 is 12.4 Å². The zero-order chi connectivity index (χ0) is 7.91. The van der Waals surface area contributed by atoms with Crippen molar-refractivity contribution in [3.05, 3.63) is 0 Å². The summed E-state index contributed by atoms with van der Waals surface area (Å²) in [4.78, 5) is 0. The van der Waals surface area contributed by atoms with Crippen LogP contribution in [0.5, 0.6) is 0 Å². The van der Waals surface area contributed by atoms with Crippen molar-refractivity contribution in [2.24, 2.45) is 0 Å². The first-order chi connectivity index (χ1) is 3.97. The number of alkyl halides is 1. The molecule has 0 spiro atoms. The standard InChI is InChI=1S/C4H11ClN.Cd.3ClH/c1-6(2,3)4-5;;;;/h4H2,1-3H3;;3*1H/q+1;+2;;;/p-3. The van der Waals surface area contributed by atoms with Gasteiger partial charge in [-0.3, -0.25) is 0 Å². The fourth-order valence-corrected chi connectivity index (χ4v) is 0. The summed E-state index contributed by atoms with van der Waals surface area (Å²) in [6.07, 6.45) is 0.